The molecular weight excluding hydrogens is 402 g/mol. The van der Waals surface area contributed by atoms with E-state index in [1.54, 1.807) is 12.1 Å². The van der Waals surface area contributed by atoms with E-state index in [0.29, 0.717) is 10.6 Å². The third kappa shape index (κ3) is 4.35. The number of halogens is 2. The van der Waals surface area contributed by atoms with Crippen LogP contribution in [0.25, 0.3) is 0 Å². The lowest BCUT2D eigenvalue weighted by molar-refractivity contribution is 0.102. The Morgan fingerprint density at radius 3 is 2.52 bits per heavy atom. The molecule has 132 valence electrons. The van der Waals surface area contributed by atoms with Crippen LogP contribution in [0.1, 0.15) is 15.9 Å². The lowest BCUT2D eigenvalue weighted by Crippen LogP contribution is -2.44. The molecule has 0 atom stereocenters. The van der Waals surface area contributed by atoms with Gasteiger partial charge in [0.25, 0.3) is 5.91 Å². The predicted molar refractivity (Wildman–Crippen MR) is 108 cm³/mol. The number of nitrogens with zero attached hydrogens (tertiary/aromatic N) is 2. The Labute approximate surface area is 161 Å². The van der Waals surface area contributed by atoms with E-state index < -0.39 is 0 Å². The lowest BCUT2D eigenvalue weighted by Gasteiger charge is -2.35. The van der Waals surface area contributed by atoms with Crippen molar-refractivity contribution in [1.82, 2.24) is 4.90 Å². The van der Waals surface area contributed by atoms with Gasteiger partial charge in [0.05, 0.1) is 10.6 Å². The third-order valence-corrected chi connectivity index (χ3v) is 5.29. The Morgan fingerprint density at radius 1 is 1.12 bits per heavy atom. The fourth-order valence-electron chi connectivity index (χ4n) is 3.01. The Balaban J connectivity index is 1.74. The number of anilines is 2. The van der Waals surface area contributed by atoms with Crippen LogP contribution in [0.2, 0.25) is 5.02 Å². The number of aryl methyl sites for hydroxylation is 1. The molecular formula is C19H21BrClN3O. The predicted octanol–water partition coefficient (Wildman–Crippen LogP) is 4.42. The molecule has 1 aliphatic rings. The molecule has 0 spiro atoms. The zero-order valence-corrected chi connectivity index (χ0v) is 16.7. The maximum atomic E-state index is 12.5. The standard InChI is InChI=1S/C19H21BrClN3O/c1-13-11-15(4-6-18(13)24-9-7-23(2)8-10-24)22-19(25)16-12-14(20)3-5-17(16)21/h3-6,11-12H,7-10H2,1-2H3,(H,22,25). The summed E-state index contributed by atoms with van der Waals surface area (Å²) in [6, 6.07) is 11.3. The van der Waals surface area contributed by atoms with E-state index in [0.717, 1.165) is 41.9 Å². The maximum absolute atomic E-state index is 12.5. The molecule has 0 aliphatic carbocycles. The molecule has 0 aromatic heterocycles. The molecule has 4 nitrogen and oxygen atoms in total. The van der Waals surface area contributed by atoms with Crippen LogP contribution in [0.3, 0.4) is 0 Å². The monoisotopic (exact) mass is 421 g/mol. The number of carbonyl (C=O) groups excluding carboxylic acids is 1. The van der Waals surface area contributed by atoms with Crippen molar-refractivity contribution in [2.45, 2.75) is 6.92 Å². The molecule has 0 radical (unpaired) electrons. The second kappa shape index (κ2) is 7.77. The molecule has 1 N–H and O–H groups in total. The molecule has 2 aromatic rings. The summed E-state index contributed by atoms with van der Waals surface area (Å²) in [6.07, 6.45) is 0. The molecule has 25 heavy (non-hydrogen) atoms. The van der Waals surface area contributed by atoms with Gasteiger partial charge in [-0.1, -0.05) is 27.5 Å². The fourth-order valence-corrected chi connectivity index (χ4v) is 3.57. The molecule has 0 bridgehead atoms. The third-order valence-electron chi connectivity index (χ3n) is 4.47. The van der Waals surface area contributed by atoms with Crippen LogP contribution in [0.15, 0.2) is 40.9 Å². The molecule has 1 saturated heterocycles. The van der Waals surface area contributed by atoms with Gasteiger partial charge < -0.3 is 15.1 Å². The quantitative estimate of drug-likeness (QED) is 0.795. The minimum atomic E-state index is -0.210. The minimum Gasteiger partial charge on any atom is -0.369 e. The second-order valence-corrected chi connectivity index (χ2v) is 7.69. The van der Waals surface area contributed by atoms with Gasteiger partial charge >= 0.3 is 0 Å². The van der Waals surface area contributed by atoms with E-state index in [9.17, 15) is 4.79 Å². The average molecular weight is 423 g/mol. The smallest absolute Gasteiger partial charge is 0.257 e. The van der Waals surface area contributed by atoms with Crippen molar-refractivity contribution in [2.24, 2.45) is 0 Å². The van der Waals surface area contributed by atoms with Crippen LogP contribution < -0.4 is 10.2 Å². The molecule has 3 rings (SSSR count). The van der Waals surface area contributed by atoms with Gasteiger partial charge in [-0.3, -0.25) is 4.79 Å². The van der Waals surface area contributed by atoms with Gasteiger partial charge in [-0.15, -0.1) is 0 Å². The van der Waals surface area contributed by atoms with Crippen LogP contribution in [-0.4, -0.2) is 44.0 Å². The first-order valence-electron chi connectivity index (χ1n) is 8.24. The Bertz CT molecular complexity index is 788. The summed E-state index contributed by atoms with van der Waals surface area (Å²) in [5.41, 5.74) is 3.61. The number of likely N-dealkylation sites (N-methyl/N-ethyl adjacent to an activating group) is 1. The van der Waals surface area contributed by atoms with E-state index >= 15 is 0 Å². The van der Waals surface area contributed by atoms with E-state index in [4.69, 9.17) is 11.6 Å². The fraction of sp³-hybridized carbons (Fsp3) is 0.316. The van der Waals surface area contributed by atoms with E-state index in [-0.39, 0.29) is 5.91 Å². The molecule has 1 amide bonds. The van der Waals surface area contributed by atoms with Gasteiger partial charge in [0, 0.05) is 42.0 Å². The Kier molecular flexibility index (Phi) is 5.67. The van der Waals surface area contributed by atoms with Crippen LogP contribution in [0.4, 0.5) is 11.4 Å². The molecule has 1 aliphatic heterocycles. The molecule has 6 heteroatoms. The highest BCUT2D eigenvalue weighted by Gasteiger charge is 2.17. The Hall–Kier alpha value is -1.56. The van der Waals surface area contributed by atoms with Gasteiger partial charge in [-0.05, 0) is 55.9 Å². The number of carbonyl (C=O) groups is 1. The van der Waals surface area contributed by atoms with Gasteiger partial charge in [0.2, 0.25) is 0 Å². The summed E-state index contributed by atoms with van der Waals surface area (Å²) in [7, 11) is 2.15. The summed E-state index contributed by atoms with van der Waals surface area (Å²) in [4.78, 5) is 17.2. The number of rotatable bonds is 3. The van der Waals surface area contributed by atoms with Gasteiger partial charge in [0.1, 0.15) is 0 Å². The molecule has 0 unspecified atom stereocenters. The van der Waals surface area contributed by atoms with Crippen molar-refractivity contribution in [1.29, 1.82) is 0 Å². The summed E-state index contributed by atoms with van der Waals surface area (Å²) < 4.78 is 0.823. The number of hydrogen-bond donors (Lipinski definition) is 1. The highest BCUT2D eigenvalue weighted by molar-refractivity contribution is 9.10. The largest absolute Gasteiger partial charge is 0.369 e. The molecule has 2 aromatic carbocycles. The first-order valence-corrected chi connectivity index (χ1v) is 9.41. The van der Waals surface area contributed by atoms with Crippen molar-refractivity contribution in [2.75, 3.05) is 43.4 Å². The van der Waals surface area contributed by atoms with Crippen LogP contribution in [0, 0.1) is 6.92 Å². The van der Waals surface area contributed by atoms with Crippen molar-refractivity contribution >= 4 is 44.8 Å². The van der Waals surface area contributed by atoms with Crippen molar-refractivity contribution < 1.29 is 4.79 Å². The lowest BCUT2D eigenvalue weighted by atomic mass is 10.1. The maximum Gasteiger partial charge on any atom is 0.257 e. The Morgan fingerprint density at radius 2 is 1.84 bits per heavy atom. The molecule has 1 heterocycles. The number of amides is 1. The van der Waals surface area contributed by atoms with E-state index in [2.05, 4.69) is 51.1 Å². The summed E-state index contributed by atoms with van der Waals surface area (Å²) in [6.45, 7) is 6.27. The van der Waals surface area contributed by atoms with Gasteiger partial charge in [-0.2, -0.15) is 0 Å². The average Bonchev–Trinajstić information content (AvgIpc) is 2.58. The van der Waals surface area contributed by atoms with Crippen LogP contribution in [0.5, 0.6) is 0 Å². The number of nitrogens with one attached hydrogen (secondary N) is 1. The first kappa shape index (κ1) is 18.2. The SMILES string of the molecule is Cc1cc(NC(=O)c2cc(Br)ccc2Cl)ccc1N1CCN(C)CC1. The number of piperazine rings is 1. The van der Waals surface area contributed by atoms with E-state index in [1.165, 1.54) is 5.69 Å². The van der Waals surface area contributed by atoms with Crippen LogP contribution in [-0.2, 0) is 0 Å². The second-order valence-electron chi connectivity index (χ2n) is 6.37. The highest BCUT2D eigenvalue weighted by atomic mass is 79.9. The van der Waals surface area contributed by atoms with Crippen molar-refractivity contribution in [3.8, 4) is 0 Å². The summed E-state index contributed by atoms with van der Waals surface area (Å²) in [5, 5.41) is 3.37. The first-order chi connectivity index (χ1) is 11.9. The number of benzene rings is 2. The number of hydrogen-bond acceptors (Lipinski definition) is 3. The highest BCUT2D eigenvalue weighted by Crippen LogP contribution is 2.26. The molecule has 0 saturated carbocycles. The van der Waals surface area contributed by atoms with E-state index in [1.807, 2.05) is 18.2 Å². The zero-order chi connectivity index (χ0) is 18.0. The molecule has 1 fully saturated rings. The zero-order valence-electron chi connectivity index (χ0n) is 14.4. The summed E-state index contributed by atoms with van der Waals surface area (Å²) >= 11 is 9.51. The van der Waals surface area contributed by atoms with Crippen molar-refractivity contribution in [3.05, 3.63) is 57.0 Å². The van der Waals surface area contributed by atoms with Crippen molar-refractivity contribution in [3.63, 3.8) is 0 Å². The van der Waals surface area contributed by atoms with Gasteiger partial charge in [-0.25, -0.2) is 0 Å². The minimum absolute atomic E-state index is 0.210. The summed E-state index contributed by atoms with van der Waals surface area (Å²) in [5.74, 6) is -0.210. The topological polar surface area (TPSA) is 35.6 Å². The normalized spacial score (nSPS) is 15.3. The van der Waals surface area contributed by atoms with Crippen LogP contribution >= 0.6 is 27.5 Å². The van der Waals surface area contributed by atoms with Gasteiger partial charge in [0.15, 0.2) is 0 Å².